The highest BCUT2D eigenvalue weighted by atomic mass is 15.4. The molecular formula is C14H19N3. The van der Waals surface area contributed by atoms with E-state index in [2.05, 4.69) is 31.1 Å². The molecule has 1 aromatic heterocycles. The predicted octanol–water partition coefficient (Wildman–Crippen LogP) is 3.42. The third-order valence-corrected chi connectivity index (χ3v) is 2.86. The summed E-state index contributed by atoms with van der Waals surface area (Å²) in [5.74, 6) is 1.15. The van der Waals surface area contributed by atoms with Crippen molar-refractivity contribution >= 4 is 0 Å². The quantitative estimate of drug-likeness (QED) is 0.804. The highest BCUT2D eigenvalue weighted by molar-refractivity contribution is 5.30. The van der Waals surface area contributed by atoms with Crippen molar-refractivity contribution in [1.29, 1.82) is 0 Å². The molecule has 1 unspecified atom stereocenters. The van der Waals surface area contributed by atoms with Gasteiger partial charge in [0, 0.05) is 5.92 Å². The fraction of sp³-hybridized carbons (Fsp3) is 0.429. The summed E-state index contributed by atoms with van der Waals surface area (Å²) in [6, 6.07) is 10.1. The van der Waals surface area contributed by atoms with Crippen LogP contribution in [0.3, 0.4) is 0 Å². The Labute approximate surface area is 102 Å². The van der Waals surface area contributed by atoms with Gasteiger partial charge in [-0.15, -0.1) is 5.10 Å². The molecule has 17 heavy (non-hydrogen) atoms. The van der Waals surface area contributed by atoms with Gasteiger partial charge in [-0.1, -0.05) is 44.2 Å². The maximum Gasteiger partial charge on any atom is 0.0860 e. The van der Waals surface area contributed by atoms with E-state index >= 15 is 0 Å². The van der Waals surface area contributed by atoms with Gasteiger partial charge in [-0.25, -0.2) is 4.68 Å². The molecule has 3 nitrogen and oxygen atoms in total. The Morgan fingerprint density at radius 3 is 2.47 bits per heavy atom. The summed E-state index contributed by atoms with van der Waals surface area (Å²) in [6.45, 7) is 6.68. The van der Waals surface area contributed by atoms with Crippen molar-refractivity contribution in [2.24, 2.45) is 5.92 Å². The molecule has 1 atom stereocenters. The maximum atomic E-state index is 4.26. The second-order valence-electron chi connectivity index (χ2n) is 4.95. The molecule has 0 aliphatic carbocycles. The van der Waals surface area contributed by atoms with Gasteiger partial charge >= 0.3 is 0 Å². The van der Waals surface area contributed by atoms with Gasteiger partial charge in [0.05, 0.1) is 17.6 Å². The molecule has 0 saturated carbocycles. The number of hydrogen-bond donors (Lipinski definition) is 0. The lowest BCUT2D eigenvalue weighted by Crippen LogP contribution is -1.99. The zero-order valence-electron chi connectivity index (χ0n) is 10.7. The zero-order chi connectivity index (χ0) is 12.3. The summed E-state index contributed by atoms with van der Waals surface area (Å²) in [4.78, 5) is 0. The lowest BCUT2D eigenvalue weighted by molar-refractivity contribution is 0.515. The molecule has 2 rings (SSSR count). The first kappa shape index (κ1) is 11.8. The number of nitrogens with zero attached hydrogens (tertiary/aromatic N) is 3. The van der Waals surface area contributed by atoms with Crippen LogP contribution in [0.15, 0.2) is 36.5 Å². The fourth-order valence-corrected chi connectivity index (χ4v) is 2.04. The fourth-order valence-electron chi connectivity index (χ4n) is 2.04. The highest BCUT2D eigenvalue weighted by Crippen LogP contribution is 2.21. The van der Waals surface area contributed by atoms with Gasteiger partial charge < -0.3 is 0 Å². The highest BCUT2D eigenvalue weighted by Gasteiger charge is 2.12. The Morgan fingerprint density at radius 1 is 1.12 bits per heavy atom. The number of rotatable bonds is 4. The van der Waals surface area contributed by atoms with Crippen LogP contribution < -0.4 is 0 Å². The summed E-state index contributed by atoms with van der Waals surface area (Å²) in [5.41, 5.74) is 2.13. The van der Waals surface area contributed by atoms with Crippen molar-refractivity contribution in [3.63, 3.8) is 0 Å². The molecule has 0 bridgehead atoms. The van der Waals surface area contributed by atoms with E-state index in [9.17, 15) is 0 Å². The third-order valence-electron chi connectivity index (χ3n) is 2.86. The minimum Gasteiger partial charge on any atom is -0.220 e. The number of aromatic nitrogens is 3. The lowest BCUT2D eigenvalue weighted by Gasteiger charge is -2.09. The van der Waals surface area contributed by atoms with Gasteiger partial charge in [0.1, 0.15) is 0 Å². The van der Waals surface area contributed by atoms with E-state index in [0.29, 0.717) is 11.8 Å². The standard InChI is InChI=1S/C14H19N3/c1-11(2)9-12(3)14-10-17(16-15-14)13-7-5-4-6-8-13/h4-8,10-12H,9H2,1-3H3. The molecule has 0 fully saturated rings. The molecule has 0 amide bonds. The molecule has 0 aliphatic heterocycles. The minimum atomic E-state index is 0.465. The first-order chi connectivity index (χ1) is 8.16. The summed E-state index contributed by atoms with van der Waals surface area (Å²) in [5, 5.41) is 8.44. The summed E-state index contributed by atoms with van der Waals surface area (Å²) in [7, 11) is 0. The van der Waals surface area contributed by atoms with Crippen molar-refractivity contribution in [1.82, 2.24) is 15.0 Å². The molecule has 0 spiro atoms. The Kier molecular flexibility index (Phi) is 3.57. The Balaban J connectivity index is 2.16. The second-order valence-corrected chi connectivity index (χ2v) is 4.95. The van der Waals surface area contributed by atoms with Crippen molar-refractivity contribution in [2.45, 2.75) is 33.1 Å². The van der Waals surface area contributed by atoms with Crippen LogP contribution in [0.25, 0.3) is 5.69 Å². The predicted molar refractivity (Wildman–Crippen MR) is 69.2 cm³/mol. The zero-order valence-corrected chi connectivity index (χ0v) is 10.7. The lowest BCUT2D eigenvalue weighted by atomic mass is 9.97. The van der Waals surface area contributed by atoms with E-state index < -0.39 is 0 Å². The van der Waals surface area contributed by atoms with E-state index in [-0.39, 0.29) is 0 Å². The first-order valence-corrected chi connectivity index (χ1v) is 6.14. The van der Waals surface area contributed by atoms with Crippen LogP contribution >= 0.6 is 0 Å². The largest absolute Gasteiger partial charge is 0.220 e. The van der Waals surface area contributed by atoms with Gasteiger partial charge in [0.25, 0.3) is 0 Å². The molecule has 90 valence electrons. The van der Waals surface area contributed by atoms with Gasteiger partial charge in [-0.05, 0) is 24.5 Å². The maximum absolute atomic E-state index is 4.26. The van der Waals surface area contributed by atoms with E-state index in [4.69, 9.17) is 0 Å². The minimum absolute atomic E-state index is 0.465. The van der Waals surface area contributed by atoms with Crippen molar-refractivity contribution in [3.05, 3.63) is 42.2 Å². The van der Waals surface area contributed by atoms with Crippen molar-refractivity contribution in [2.75, 3.05) is 0 Å². The van der Waals surface area contributed by atoms with Gasteiger partial charge in [0.15, 0.2) is 0 Å². The van der Waals surface area contributed by atoms with Crippen molar-refractivity contribution < 1.29 is 0 Å². The average Bonchev–Trinajstić information content (AvgIpc) is 2.78. The number of benzene rings is 1. The van der Waals surface area contributed by atoms with Crippen molar-refractivity contribution in [3.8, 4) is 5.69 Å². The SMILES string of the molecule is CC(C)CC(C)c1cn(-c2ccccc2)nn1. The summed E-state index contributed by atoms with van der Waals surface area (Å²) in [6.07, 6.45) is 3.18. The molecule has 0 N–H and O–H groups in total. The van der Waals surface area contributed by atoms with E-state index in [1.807, 2.05) is 41.2 Å². The third kappa shape index (κ3) is 2.93. The Morgan fingerprint density at radius 2 is 1.82 bits per heavy atom. The average molecular weight is 229 g/mol. The first-order valence-electron chi connectivity index (χ1n) is 6.14. The normalized spacial score (nSPS) is 12.9. The summed E-state index contributed by atoms with van der Waals surface area (Å²) < 4.78 is 1.84. The molecule has 2 aromatic rings. The topological polar surface area (TPSA) is 30.7 Å². The van der Waals surface area contributed by atoms with Crippen LogP contribution in [0.1, 0.15) is 38.8 Å². The van der Waals surface area contributed by atoms with Crippen LogP contribution in [0, 0.1) is 5.92 Å². The van der Waals surface area contributed by atoms with Gasteiger partial charge in [-0.2, -0.15) is 0 Å². The van der Waals surface area contributed by atoms with E-state index in [1.165, 1.54) is 0 Å². The number of hydrogen-bond acceptors (Lipinski definition) is 2. The van der Waals surface area contributed by atoms with E-state index in [0.717, 1.165) is 17.8 Å². The van der Waals surface area contributed by atoms with Crippen LogP contribution in [-0.4, -0.2) is 15.0 Å². The van der Waals surface area contributed by atoms with Crippen LogP contribution in [0.5, 0.6) is 0 Å². The molecule has 0 aliphatic rings. The smallest absolute Gasteiger partial charge is 0.0860 e. The Hall–Kier alpha value is -1.64. The molecule has 3 heteroatoms. The Bertz CT molecular complexity index is 459. The van der Waals surface area contributed by atoms with Crippen LogP contribution in [0.4, 0.5) is 0 Å². The van der Waals surface area contributed by atoms with Crippen LogP contribution in [-0.2, 0) is 0 Å². The molecule has 0 saturated heterocycles. The van der Waals surface area contributed by atoms with E-state index in [1.54, 1.807) is 0 Å². The molecule has 1 heterocycles. The van der Waals surface area contributed by atoms with Crippen LogP contribution in [0.2, 0.25) is 0 Å². The summed E-state index contributed by atoms with van der Waals surface area (Å²) >= 11 is 0. The number of para-hydroxylation sites is 1. The van der Waals surface area contributed by atoms with Gasteiger partial charge in [-0.3, -0.25) is 0 Å². The van der Waals surface area contributed by atoms with Gasteiger partial charge in [0.2, 0.25) is 0 Å². The monoisotopic (exact) mass is 229 g/mol. The molecule has 0 radical (unpaired) electrons. The second kappa shape index (κ2) is 5.13. The molecule has 1 aromatic carbocycles. The molecular weight excluding hydrogens is 210 g/mol.